The molecule has 0 aliphatic carbocycles. The van der Waals surface area contributed by atoms with Gasteiger partial charge in [0, 0.05) is 17.8 Å². The molecule has 3 heteroatoms. The van der Waals surface area contributed by atoms with Gasteiger partial charge in [-0.05, 0) is 48.4 Å². The van der Waals surface area contributed by atoms with E-state index in [4.69, 9.17) is 0 Å². The first kappa shape index (κ1) is 22.3. The van der Waals surface area contributed by atoms with Crippen molar-refractivity contribution in [2.24, 2.45) is 0 Å². The lowest BCUT2D eigenvalue weighted by molar-refractivity contribution is 0.311. The maximum absolute atomic E-state index is 9.49. The molecule has 4 aromatic rings. The Bertz CT molecular complexity index is 1020. The summed E-state index contributed by atoms with van der Waals surface area (Å²) in [5.74, 6) is 0. The number of benzene rings is 4. The van der Waals surface area contributed by atoms with Crippen molar-refractivity contribution in [2.45, 2.75) is 19.5 Å². The Morgan fingerprint density at radius 1 is 0.625 bits per heavy atom. The van der Waals surface area contributed by atoms with E-state index in [9.17, 15) is 5.11 Å². The second kappa shape index (κ2) is 10.6. The van der Waals surface area contributed by atoms with Gasteiger partial charge in [0.05, 0.1) is 6.61 Å². The fraction of sp³-hybridized carbons (Fsp3) is 0.172. The molecule has 0 bridgehead atoms. The Kier molecular flexibility index (Phi) is 7.37. The summed E-state index contributed by atoms with van der Waals surface area (Å²) in [6, 6.07) is 39.6. The predicted molar refractivity (Wildman–Crippen MR) is 140 cm³/mol. The number of para-hydroxylation sites is 1. The lowest BCUT2D eigenvalue weighted by atomic mass is 10.1. The van der Waals surface area contributed by atoms with Crippen LogP contribution >= 0.6 is 7.26 Å². The van der Waals surface area contributed by atoms with Gasteiger partial charge in [0.2, 0.25) is 0 Å². The van der Waals surface area contributed by atoms with E-state index in [1.165, 1.54) is 32.7 Å². The molecule has 0 amide bonds. The van der Waals surface area contributed by atoms with Gasteiger partial charge in [0.1, 0.15) is 29.3 Å². The van der Waals surface area contributed by atoms with Crippen LogP contribution in [0.1, 0.15) is 18.1 Å². The van der Waals surface area contributed by atoms with E-state index in [0.717, 1.165) is 12.6 Å². The van der Waals surface area contributed by atoms with Crippen molar-refractivity contribution in [2.75, 3.05) is 18.5 Å². The molecule has 0 saturated carbocycles. The van der Waals surface area contributed by atoms with Crippen LogP contribution in [0.4, 0.5) is 5.69 Å². The van der Waals surface area contributed by atoms with Crippen LogP contribution in [0.3, 0.4) is 0 Å². The topological polar surface area (TPSA) is 32.3 Å². The third-order valence-electron chi connectivity index (χ3n) is 6.03. The average Bonchev–Trinajstić information content (AvgIpc) is 2.87. The largest absolute Gasteiger partial charge is 0.395 e. The fourth-order valence-corrected chi connectivity index (χ4v) is 8.77. The van der Waals surface area contributed by atoms with E-state index in [0.29, 0.717) is 6.54 Å². The Hall–Kier alpha value is -2.93. The van der Waals surface area contributed by atoms with Gasteiger partial charge < -0.3 is 10.4 Å². The molecule has 2 nitrogen and oxygen atoms in total. The van der Waals surface area contributed by atoms with E-state index >= 15 is 0 Å². The molecule has 0 saturated heterocycles. The molecule has 0 spiro atoms. The second-order valence-electron chi connectivity index (χ2n) is 7.93. The van der Waals surface area contributed by atoms with Crippen LogP contribution in [0.25, 0.3) is 0 Å². The van der Waals surface area contributed by atoms with Crippen LogP contribution in [0.5, 0.6) is 0 Å². The fourth-order valence-electron chi connectivity index (χ4n) is 4.51. The zero-order chi connectivity index (χ0) is 22.2. The third kappa shape index (κ3) is 4.48. The molecular weight excluding hydrogens is 409 g/mol. The molecule has 0 unspecified atom stereocenters. The van der Waals surface area contributed by atoms with Crippen molar-refractivity contribution in [3.8, 4) is 0 Å². The van der Waals surface area contributed by atoms with Crippen LogP contribution < -0.4 is 21.2 Å². The van der Waals surface area contributed by atoms with Gasteiger partial charge in [0.15, 0.2) is 0 Å². The maximum atomic E-state index is 9.49. The Labute approximate surface area is 192 Å². The van der Waals surface area contributed by atoms with E-state index in [-0.39, 0.29) is 6.61 Å². The van der Waals surface area contributed by atoms with Gasteiger partial charge in [-0.25, -0.2) is 0 Å². The molecule has 0 aliphatic rings. The number of nitrogens with one attached hydrogen (secondary N) is 1. The van der Waals surface area contributed by atoms with Gasteiger partial charge in [0.25, 0.3) is 0 Å². The summed E-state index contributed by atoms with van der Waals surface area (Å²) in [5, 5.41) is 17.2. The van der Waals surface area contributed by atoms with Crippen LogP contribution in [0, 0.1) is 0 Å². The summed E-state index contributed by atoms with van der Waals surface area (Å²) >= 11 is 0. The molecule has 0 aliphatic heterocycles. The van der Waals surface area contributed by atoms with E-state index in [1.54, 1.807) is 0 Å². The number of aliphatic hydroxyl groups excluding tert-OH is 1. The monoisotopic (exact) mass is 440 g/mol. The minimum Gasteiger partial charge on any atom is -0.395 e. The van der Waals surface area contributed by atoms with Crippen molar-refractivity contribution < 1.29 is 5.11 Å². The predicted octanol–water partition coefficient (Wildman–Crippen LogP) is 5.15. The van der Waals surface area contributed by atoms with Crippen molar-refractivity contribution in [1.29, 1.82) is 0 Å². The molecule has 0 aromatic heterocycles. The number of aryl methyl sites for hydroxylation is 1. The molecule has 32 heavy (non-hydrogen) atoms. The van der Waals surface area contributed by atoms with E-state index < -0.39 is 7.26 Å². The molecular formula is C29H31NOP+. The van der Waals surface area contributed by atoms with Crippen molar-refractivity contribution in [3.63, 3.8) is 0 Å². The second-order valence-corrected chi connectivity index (χ2v) is 11.4. The standard InChI is InChI=1S/C29H31NOP/c1-2-24-13-12-14-25(29(24)30-21-22-31)23-32(26-15-6-3-7-16-26,27-17-8-4-9-18-27)28-19-10-5-11-20-28/h3-20,30-31H,2,21-23H2,1H3/q+1. The highest BCUT2D eigenvalue weighted by molar-refractivity contribution is 7.95. The molecule has 0 heterocycles. The number of aliphatic hydroxyl groups is 1. The normalized spacial score (nSPS) is 11.3. The number of rotatable bonds is 9. The minimum atomic E-state index is -1.97. The Morgan fingerprint density at radius 2 is 1.09 bits per heavy atom. The number of anilines is 1. The van der Waals surface area contributed by atoms with Gasteiger partial charge in [-0.2, -0.15) is 0 Å². The number of hydrogen-bond donors (Lipinski definition) is 2. The van der Waals surface area contributed by atoms with Crippen LogP contribution in [-0.2, 0) is 12.6 Å². The lowest BCUT2D eigenvalue weighted by Gasteiger charge is -2.29. The van der Waals surface area contributed by atoms with Crippen LogP contribution in [-0.4, -0.2) is 18.3 Å². The highest BCUT2D eigenvalue weighted by Gasteiger charge is 2.45. The van der Waals surface area contributed by atoms with Gasteiger partial charge in [-0.15, -0.1) is 0 Å². The zero-order valence-corrected chi connectivity index (χ0v) is 19.5. The quantitative estimate of drug-likeness (QED) is 0.353. The molecule has 0 radical (unpaired) electrons. The first-order valence-electron chi connectivity index (χ1n) is 11.3. The Morgan fingerprint density at radius 3 is 1.53 bits per heavy atom. The smallest absolute Gasteiger partial charge is 0.116 e. The van der Waals surface area contributed by atoms with Gasteiger partial charge >= 0.3 is 0 Å². The van der Waals surface area contributed by atoms with E-state index in [2.05, 4.69) is 121 Å². The maximum Gasteiger partial charge on any atom is 0.116 e. The molecule has 4 rings (SSSR count). The minimum absolute atomic E-state index is 0.119. The zero-order valence-electron chi connectivity index (χ0n) is 18.6. The molecule has 0 fully saturated rings. The van der Waals surface area contributed by atoms with Crippen molar-refractivity contribution in [1.82, 2.24) is 0 Å². The summed E-state index contributed by atoms with van der Waals surface area (Å²) in [5.41, 5.74) is 3.78. The summed E-state index contributed by atoms with van der Waals surface area (Å²) < 4.78 is 0. The van der Waals surface area contributed by atoms with Crippen molar-refractivity contribution in [3.05, 3.63) is 120 Å². The molecule has 2 N–H and O–H groups in total. The van der Waals surface area contributed by atoms with E-state index in [1.807, 2.05) is 0 Å². The highest BCUT2D eigenvalue weighted by atomic mass is 31.2. The average molecular weight is 441 g/mol. The van der Waals surface area contributed by atoms with Gasteiger partial charge in [-0.1, -0.05) is 79.7 Å². The highest BCUT2D eigenvalue weighted by Crippen LogP contribution is 2.58. The van der Waals surface area contributed by atoms with Crippen LogP contribution in [0.2, 0.25) is 0 Å². The third-order valence-corrected chi connectivity index (χ3v) is 10.4. The van der Waals surface area contributed by atoms with Crippen LogP contribution in [0.15, 0.2) is 109 Å². The first-order chi connectivity index (χ1) is 15.8. The first-order valence-corrected chi connectivity index (χ1v) is 13.3. The SMILES string of the molecule is CCc1cccc(C[P+](c2ccccc2)(c2ccccc2)c2ccccc2)c1NCCO. The summed E-state index contributed by atoms with van der Waals surface area (Å²) in [7, 11) is -1.97. The molecule has 4 aromatic carbocycles. The Balaban J connectivity index is 1.98. The van der Waals surface area contributed by atoms with Crippen molar-refractivity contribution >= 4 is 28.9 Å². The number of hydrogen-bond acceptors (Lipinski definition) is 2. The molecule has 0 atom stereocenters. The van der Waals surface area contributed by atoms with Gasteiger partial charge in [-0.3, -0.25) is 0 Å². The summed E-state index contributed by atoms with van der Waals surface area (Å²) in [6.45, 7) is 2.86. The summed E-state index contributed by atoms with van der Waals surface area (Å²) in [6.07, 6.45) is 1.88. The molecule has 162 valence electrons. The lowest BCUT2D eigenvalue weighted by Crippen LogP contribution is -2.32. The summed E-state index contributed by atoms with van der Waals surface area (Å²) in [4.78, 5) is 0.